The summed E-state index contributed by atoms with van der Waals surface area (Å²) < 4.78 is 4.79. The Hall–Kier alpha value is -1.06. The molecule has 0 spiro atoms. The number of unbranched alkanes of at least 4 members (excludes halogenated alkanes) is 4. The summed E-state index contributed by atoms with van der Waals surface area (Å²) in [7, 11) is 1.39. The third kappa shape index (κ3) is 5.21. The Balaban J connectivity index is 2.37. The Morgan fingerprint density at radius 3 is 2.58 bits per heavy atom. The number of ether oxygens (including phenoxy) is 1. The standard InChI is InChI=1S/C15H27NO3/c1-3-4-5-6-7-11-14(17)16-12-9-8-10-13(16)15(18)19-2/h13H,3-12H2,1-2H3/t13-/m1/s1. The second-order valence-electron chi connectivity index (χ2n) is 5.29. The van der Waals surface area contributed by atoms with Gasteiger partial charge in [0.25, 0.3) is 0 Å². The normalized spacial score (nSPS) is 19.3. The molecule has 0 unspecified atom stereocenters. The fourth-order valence-electron chi connectivity index (χ4n) is 2.63. The smallest absolute Gasteiger partial charge is 0.328 e. The zero-order valence-electron chi connectivity index (χ0n) is 12.3. The molecule has 1 aliphatic rings. The van der Waals surface area contributed by atoms with Crippen molar-refractivity contribution >= 4 is 11.9 Å². The monoisotopic (exact) mass is 269 g/mol. The van der Waals surface area contributed by atoms with Crippen molar-refractivity contribution in [3.8, 4) is 0 Å². The topological polar surface area (TPSA) is 46.6 Å². The van der Waals surface area contributed by atoms with Crippen molar-refractivity contribution in [1.29, 1.82) is 0 Å². The SMILES string of the molecule is CCCCCCCC(=O)N1CCCC[C@@H]1C(=O)OC. The predicted molar refractivity (Wildman–Crippen MR) is 74.7 cm³/mol. The number of likely N-dealkylation sites (tertiary alicyclic amines) is 1. The number of hydrogen-bond donors (Lipinski definition) is 0. The van der Waals surface area contributed by atoms with Gasteiger partial charge in [0, 0.05) is 13.0 Å². The molecule has 0 radical (unpaired) electrons. The molecule has 0 saturated carbocycles. The van der Waals surface area contributed by atoms with Crippen molar-refractivity contribution in [3.05, 3.63) is 0 Å². The van der Waals surface area contributed by atoms with Crippen LogP contribution in [-0.4, -0.2) is 36.5 Å². The second-order valence-corrected chi connectivity index (χ2v) is 5.29. The van der Waals surface area contributed by atoms with Crippen molar-refractivity contribution in [2.75, 3.05) is 13.7 Å². The van der Waals surface area contributed by atoms with E-state index in [2.05, 4.69) is 6.92 Å². The highest BCUT2D eigenvalue weighted by atomic mass is 16.5. The number of methoxy groups -OCH3 is 1. The van der Waals surface area contributed by atoms with Gasteiger partial charge in [-0.1, -0.05) is 32.6 Å². The average Bonchev–Trinajstić information content (AvgIpc) is 2.46. The molecule has 0 aromatic carbocycles. The maximum Gasteiger partial charge on any atom is 0.328 e. The van der Waals surface area contributed by atoms with Gasteiger partial charge in [-0.15, -0.1) is 0 Å². The van der Waals surface area contributed by atoms with Crippen molar-refractivity contribution in [3.63, 3.8) is 0 Å². The molecule has 4 nitrogen and oxygen atoms in total. The Bertz CT molecular complexity index is 291. The Morgan fingerprint density at radius 1 is 1.16 bits per heavy atom. The van der Waals surface area contributed by atoms with Gasteiger partial charge in [0.2, 0.25) is 5.91 Å². The lowest BCUT2D eigenvalue weighted by molar-refractivity contribution is -0.154. The summed E-state index contributed by atoms with van der Waals surface area (Å²) in [4.78, 5) is 25.6. The molecule has 1 fully saturated rings. The summed E-state index contributed by atoms with van der Waals surface area (Å²) >= 11 is 0. The number of rotatable bonds is 7. The average molecular weight is 269 g/mol. The Morgan fingerprint density at radius 2 is 1.89 bits per heavy atom. The van der Waals surface area contributed by atoms with Gasteiger partial charge in [0.15, 0.2) is 0 Å². The van der Waals surface area contributed by atoms with Crippen molar-refractivity contribution in [2.24, 2.45) is 0 Å². The van der Waals surface area contributed by atoms with Gasteiger partial charge in [-0.05, 0) is 25.7 Å². The van der Waals surface area contributed by atoms with Gasteiger partial charge in [-0.3, -0.25) is 4.79 Å². The van der Waals surface area contributed by atoms with E-state index in [1.54, 1.807) is 4.90 Å². The van der Waals surface area contributed by atoms with Crippen LogP contribution in [0.25, 0.3) is 0 Å². The molecule has 1 heterocycles. The lowest BCUT2D eigenvalue weighted by atomic mass is 10.0. The number of esters is 1. The lowest BCUT2D eigenvalue weighted by Gasteiger charge is -2.33. The van der Waals surface area contributed by atoms with Crippen LogP contribution in [0.1, 0.15) is 64.7 Å². The fraction of sp³-hybridized carbons (Fsp3) is 0.867. The van der Waals surface area contributed by atoms with E-state index >= 15 is 0 Å². The number of piperidine rings is 1. The summed E-state index contributed by atoms with van der Waals surface area (Å²) in [6.45, 7) is 2.88. The first-order valence-electron chi connectivity index (χ1n) is 7.58. The number of amides is 1. The number of hydrogen-bond acceptors (Lipinski definition) is 3. The maximum atomic E-state index is 12.2. The number of carbonyl (C=O) groups is 2. The van der Waals surface area contributed by atoms with E-state index in [0.717, 1.165) is 32.1 Å². The molecule has 1 atom stereocenters. The van der Waals surface area contributed by atoms with Crippen LogP contribution < -0.4 is 0 Å². The van der Waals surface area contributed by atoms with Gasteiger partial charge in [-0.25, -0.2) is 4.79 Å². The minimum atomic E-state index is -0.345. The molecule has 1 rings (SSSR count). The van der Waals surface area contributed by atoms with Crippen molar-refractivity contribution < 1.29 is 14.3 Å². The van der Waals surface area contributed by atoms with E-state index in [9.17, 15) is 9.59 Å². The van der Waals surface area contributed by atoms with Crippen LogP contribution >= 0.6 is 0 Å². The minimum Gasteiger partial charge on any atom is -0.467 e. The largest absolute Gasteiger partial charge is 0.467 e. The first-order valence-corrected chi connectivity index (χ1v) is 7.58. The third-order valence-electron chi connectivity index (χ3n) is 3.79. The summed E-state index contributed by atoms with van der Waals surface area (Å²) in [5, 5.41) is 0. The second kappa shape index (κ2) is 8.94. The van der Waals surface area contributed by atoms with E-state index in [1.807, 2.05) is 0 Å². The molecule has 4 heteroatoms. The van der Waals surface area contributed by atoms with E-state index in [1.165, 1.54) is 26.4 Å². The van der Waals surface area contributed by atoms with E-state index in [-0.39, 0.29) is 17.9 Å². The molecule has 110 valence electrons. The van der Waals surface area contributed by atoms with Gasteiger partial charge in [0.05, 0.1) is 7.11 Å². The van der Waals surface area contributed by atoms with E-state index in [4.69, 9.17) is 4.74 Å². The van der Waals surface area contributed by atoms with Gasteiger partial charge < -0.3 is 9.64 Å². The highest BCUT2D eigenvalue weighted by Gasteiger charge is 2.32. The van der Waals surface area contributed by atoms with Gasteiger partial charge in [-0.2, -0.15) is 0 Å². The summed E-state index contributed by atoms with van der Waals surface area (Å²) in [5.41, 5.74) is 0. The van der Waals surface area contributed by atoms with Crippen LogP contribution in [0.5, 0.6) is 0 Å². The zero-order chi connectivity index (χ0) is 14.1. The quantitative estimate of drug-likeness (QED) is 0.527. The zero-order valence-corrected chi connectivity index (χ0v) is 12.3. The van der Waals surface area contributed by atoms with Crippen LogP contribution in [0.3, 0.4) is 0 Å². The summed E-state index contributed by atoms with van der Waals surface area (Å²) in [6.07, 6.45) is 9.00. The van der Waals surface area contributed by atoms with Gasteiger partial charge >= 0.3 is 5.97 Å². The number of nitrogens with zero attached hydrogens (tertiary/aromatic N) is 1. The maximum absolute atomic E-state index is 12.2. The molecule has 0 aromatic rings. The molecule has 1 amide bonds. The Kier molecular flexibility index (Phi) is 7.53. The van der Waals surface area contributed by atoms with Crippen LogP contribution in [-0.2, 0) is 14.3 Å². The predicted octanol–water partition coefficient (Wildman–Crippen LogP) is 2.90. The van der Waals surface area contributed by atoms with Gasteiger partial charge in [0.1, 0.15) is 6.04 Å². The summed E-state index contributed by atoms with van der Waals surface area (Å²) in [5.74, 6) is -0.148. The first-order chi connectivity index (χ1) is 9.20. The highest BCUT2D eigenvalue weighted by Crippen LogP contribution is 2.20. The molecule has 0 N–H and O–H groups in total. The fourth-order valence-corrected chi connectivity index (χ4v) is 2.63. The summed E-state index contributed by atoms with van der Waals surface area (Å²) in [6, 6.07) is -0.345. The van der Waals surface area contributed by atoms with Crippen molar-refractivity contribution in [2.45, 2.75) is 70.8 Å². The van der Waals surface area contributed by atoms with Crippen molar-refractivity contribution in [1.82, 2.24) is 4.90 Å². The molecule has 1 aliphatic heterocycles. The van der Waals surface area contributed by atoms with Crippen LogP contribution in [0.2, 0.25) is 0 Å². The third-order valence-corrected chi connectivity index (χ3v) is 3.79. The minimum absolute atomic E-state index is 0.117. The molecule has 0 aromatic heterocycles. The number of carbonyl (C=O) groups excluding carboxylic acids is 2. The first kappa shape index (κ1) is 16.0. The van der Waals surface area contributed by atoms with Crippen LogP contribution in [0.4, 0.5) is 0 Å². The molecular weight excluding hydrogens is 242 g/mol. The lowest BCUT2D eigenvalue weighted by Crippen LogP contribution is -2.48. The molecule has 1 saturated heterocycles. The van der Waals surface area contributed by atoms with Crippen LogP contribution in [0.15, 0.2) is 0 Å². The Labute approximate surface area is 116 Å². The van der Waals surface area contributed by atoms with Crippen LogP contribution in [0, 0.1) is 0 Å². The molecule has 0 bridgehead atoms. The van der Waals surface area contributed by atoms with E-state index in [0.29, 0.717) is 13.0 Å². The molecule has 0 aliphatic carbocycles. The highest BCUT2D eigenvalue weighted by molar-refractivity contribution is 5.84. The molecule has 19 heavy (non-hydrogen) atoms. The van der Waals surface area contributed by atoms with E-state index < -0.39 is 0 Å². The molecular formula is C15H27NO3.